The monoisotopic (exact) mass is 330 g/mol. The van der Waals surface area contributed by atoms with Crippen molar-refractivity contribution in [3.8, 4) is 11.8 Å². The molecule has 0 atom stereocenters. The maximum atomic E-state index is 5.95. The van der Waals surface area contributed by atoms with Crippen LogP contribution >= 0.6 is 15.9 Å². The van der Waals surface area contributed by atoms with E-state index < -0.39 is 0 Å². The maximum absolute atomic E-state index is 5.95. The molecule has 0 fully saturated rings. The summed E-state index contributed by atoms with van der Waals surface area (Å²) in [5.41, 5.74) is 8.82. The van der Waals surface area contributed by atoms with Crippen LogP contribution in [0, 0.1) is 6.92 Å². The van der Waals surface area contributed by atoms with Gasteiger partial charge < -0.3 is 10.5 Å². The second-order valence-electron chi connectivity index (χ2n) is 4.33. The Morgan fingerprint density at radius 2 is 1.85 bits per heavy atom. The predicted molar refractivity (Wildman–Crippen MR) is 80.7 cm³/mol. The molecule has 0 radical (unpaired) electrons. The summed E-state index contributed by atoms with van der Waals surface area (Å²) in [7, 11) is 0. The lowest BCUT2D eigenvalue weighted by molar-refractivity contribution is 0.436. The number of para-hydroxylation sites is 1. The van der Waals surface area contributed by atoms with E-state index >= 15 is 0 Å². The van der Waals surface area contributed by atoms with E-state index in [0.29, 0.717) is 11.4 Å². The Morgan fingerprint density at radius 3 is 2.60 bits per heavy atom. The number of nitrogens with two attached hydrogens (primary N) is 1. The zero-order valence-corrected chi connectivity index (χ0v) is 12.3. The van der Waals surface area contributed by atoms with E-state index in [1.165, 1.54) is 0 Å². The standard InChI is InChI=1S/C14H11BrN4O/c1-8-6-9(15)7-10(16)13(8)20-14-17-11-4-2-3-5-12(11)18-19-14/h2-7H,16H2,1H3. The molecule has 20 heavy (non-hydrogen) atoms. The first kappa shape index (κ1) is 12.8. The van der Waals surface area contributed by atoms with Crippen molar-refractivity contribution in [1.82, 2.24) is 15.2 Å². The summed E-state index contributed by atoms with van der Waals surface area (Å²) in [6.45, 7) is 1.91. The van der Waals surface area contributed by atoms with Crippen LogP contribution in [-0.4, -0.2) is 15.2 Å². The van der Waals surface area contributed by atoms with Crippen molar-refractivity contribution >= 4 is 32.7 Å². The average Bonchev–Trinajstić information content (AvgIpc) is 2.42. The molecule has 0 spiro atoms. The van der Waals surface area contributed by atoms with Gasteiger partial charge >= 0.3 is 6.01 Å². The molecule has 2 aromatic carbocycles. The number of nitrogens with zero attached hydrogens (tertiary/aromatic N) is 3. The Labute approximate surface area is 123 Å². The van der Waals surface area contributed by atoms with E-state index in [9.17, 15) is 0 Å². The van der Waals surface area contributed by atoms with Crippen molar-refractivity contribution < 1.29 is 4.74 Å². The van der Waals surface area contributed by atoms with Crippen molar-refractivity contribution in [2.75, 3.05) is 5.73 Å². The predicted octanol–water partition coefficient (Wildman–Crippen LogP) is 3.47. The van der Waals surface area contributed by atoms with Gasteiger partial charge in [0.1, 0.15) is 5.52 Å². The Morgan fingerprint density at radius 1 is 1.10 bits per heavy atom. The molecule has 3 rings (SSSR count). The Hall–Kier alpha value is -2.21. The third-order valence-corrected chi connectivity index (χ3v) is 3.26. The quantitative estimate of drug-likeness (QED) is 0.728. The molecule has 3 aromatic rings. The number of nitrogen functional groups attached to an aromatic ring is 1. The smallest absolute Gasteiger partial charge is 0.341 e. The zero-order valence-electron chi connectivity index (χ0n) is 10.7. The molecule has 0 aliphatic heterocycles. The van der Waals surface area contributed by atoms with Crippen LogP contribution in [0.4, 0.5) is 5.69 Å². The summed E-state index contributed by atoms with van der Waals surface area (Å²) in [6, 6.07) is 11.3. The first-order valence-corrected chi connectivity index (χ1v) is 6.76. The highest BCUT2D eigenvalue weighted by Gasteiger charge is 2.10. The fourth-order valence-corrected chi connectivity index (χ4v) is 2.49. The van der Waals surface area contributed by atoms with Crippen LogP contribution in [0.3, 0.4) is 0 Å². The van der Waals surface area contributed by atoms with Crippen molar-refractivity contribution in [2.24, 2.45) is 0 Å². The summed E-state index contributed by atoms with van der Waals surface area (Å²) in [6.07, 6.45) is 0. The molecule has 0 unspecified atom stereocenters. The maximum Gasteiger partial charge on any atom is 0.341 e. The molecule has 6 heteroatoms. The summed E-state index contributed by atoms with van der Waals surface area (Å²) in [5, 5.41) is 8.02. The third-order valence-electron chi connectivity index (χ3n) is 2.80. The molecule has 2 N–H and O–H groups in total. The Kier molecular flexibility index (Phi) is 3.23. The number of hydrogen-bond donors (Lipinski definition) is 1. The largest absolute Gasteiger partial charge is 0.421 e. The molecule has 5 nitrogen and oxygen atoms in total. The second-order valence-corrected chi connectivity index (χ2v) is 5.24. The number of aromatic nitrogens is 3. The van der Waals surface area contributed by atoms with Gasteiger partial charge in [-0.05, 0) is 36.8 Å². The van der Waals surface area contributed by atoms with Crippen molar-refractivity contribution in [2.45, 2.75) is 6.92 Å². The van der Waals surface area contributed by atoms with Gasteiger partial charge in [-0.15, -0.1) is 5.10 Å². The average molecular weight is 331 g/mol. The van der Waals surface area contributed by atoms with E-state index in [1.807, 2.05) is 37.3 Å². The van der Waals surface area contributed by atoms with Gasteiger partial charge in [-0.2, -0.15) is 4.98 Å². The van der Waals surface area contributed by atoms with Gasteiger partial charge in [0, 0.05) is 4.47 Å². The minimum Gasteiger partial charge on any atom is -0.421 e. The fraction of sp³-hybridized carbons (Fsp3) is 0.0714. The van der Waals surface area contributed by atoms with Crippen LogP contribution < -0.4 is 10.5 Å². The molecule has 0 aliphatic carbocycles. The zero-order chi connectivity index (χ0) is 14.1. The number of anilines is 1. The summed E-state index contributed by atoms with van der Waals surface area (Å²) >= 11 is 3.39. The number of aryl methyl sites for hydroxylation is 1. The number of hydrogen-bond acceptors (Lipinski definition) is 5. The molecule has 0 bridgehead atoms. The topological polar surface area (TPSA) is 73.9 Å². The minimum absolute atomic E-state index is 0.181. The van der Waals surface area contributed by atoms with Crippen LogP contribution in [0.5, 0.6) is 11.8 Å². The highest BCUT2D eigenvalue weighted by molar-refractivity contribution is 9.10. The van der Waals surface area contributed by atoms with Gasteiger partial charge in [-0.1, -0.05) is 33.2 Å². The normalized spacial score (nSPS) is 10.7. The van der Waals surface area contributed by atoms with Gasteiger partial charge in [-0.25, -0.2) is 0 Å². The van der Waals surface area contributed by atoms with Crippen LogP contribution in [0.25, 0.3) is 11.0 Å². The number of rotatable bonds is 2. The number of benzene rings is 2. The van der Waals surface area contributed by atoms with Gasteiger partial charge in [0.2, 0.25) is 0 Å². The van der Waals surface area contributed by atoms with Crippen molar-refractivity contribution in [3.63, 3.8) is 0 Å². The summed E-state index contributed by atoms with van der Waals surface area (Å²) < 4.78 is 6.57. The molecule has 0 saturated heterocycles. The lowest BCUT2D eigenvalue weighted by Gasteiger charge is -2.10. The van der Waals surface area contributed by atoms with E-state index in [-0.39, 0.29) is 6.01 Å². The van der Waals surface area contributed by atoms with Crippen LogP contribution in [0.15, 0.2) is 40.9 Å². The first-order valence-electron chi connectivity index (χ1n) is 5.96. The molecular formula is C14H11BrN4O. The molecule has 100 valence electrons. The number of ether oxygens (including phenoxy) is 1. The van der Waals surface area contributed by atoms with Crippen LogP contribution in [0.1, 0.15) is 5.56 Å². The van der Waals surface area contributed by atoms with Crippen molar-refractivity contribution in [1.29, 1.82) is 0 Å². The second kappa shape index (κ2) is 5.05. The van der Waals surface area contributed by atoms with Gasteiger partial charge in [0.25, 0.3) is 0 Å². The highest BCUT2D eigenvalue weighted by atomic mass is 79.9. The van der Waals surface area contributed by atoms with Crippen LogP contribution in [-0.2, 0) is 0 Å². The molecule has 0 amide bonds. The fourth-order valence-electron chi connectivity index (χ4n) is 1.90. The third kappa shape index (κ3) is 2.42. The first-order chi connectivity index (χ1) is 9.63. The molecule has 1 aromatic heterocycles. The molecule has 1 heterocycles. The van der Waals surface area contributed by atoms with E-state index in [4.69, 9.17) is 10.5 Å². The molecule has 0 saturated carbocycles. The number of fused-ring (bicyclic) bond motifs is 1. The summed E-state index contributed by atoms with van der Waals surface area (Å²) in [4.78, 5) is 4.31. The summed E-state index contributed by atoms with van der Waals surface area (Å²) in [5.74, 6) is 0.547. The lowest BCUT2D eigenvalue weighted by atomic mass is 10.2. The van der Waals surface area contributed by atoms with E-state index in [0.717, 1.165) is 21.1 Å². The number of halogens is 1. The van der Waals surface area contributed by atoms with Crippen LogP contribution in [0.2, 0.25) is 0 Å². The molecular weight excluding hydrogens is 320 g/mol. The van der Waals surface area contributed by atoms with E-state index in [2.05, 4.69) is 31.1 Å². The lowest BCUT2D eigenvalue weighted by Crippen LogP contribution is -1.99. The SMILES string of the molecule is Cc1cc(Br)cc(N)c1Oc1nnc2ccccc2n1. The highest BCUT2D eigenvalue weighted by Crippen LogP contribution is 2.32. The van der Waals surface area contributed by atoms with Gasteiger partial charge in [-0.3, -0.25) is 0 Å². The van der Waals surface area contributed by atoms with Gasteiger partial charge in [0.15, 0.2) is 5.75 Å². The minimum atomic E-state index is 0.181. The van der Waals surface area contributed by atoms with Crippen molar-refractivity contribution in [3.05, 3.63) is 46.4 Å². The Bertz CT molecular complexity index is 768. The van der Waals surface area contributed by atoms with E-state index in [1.54, 1.807) is 6.07 Å². The van der Waals surface area contributed by atoms with Gasteiger partial charge in [0.05, 0.1) is 11.2 Å². The Balaban J connectivity index is 2.01. The molecule has 0 aliphatic rings.